The first kappa shape index (κ1) is 17.0. The summed E-state index contributed by atoms with van der Waals surface area (Å²) in [5, 5.41) is 0. The molecule has 0 radical (unpaired) electrons. The lowest BCUT2D eigenvalue weighted by atomic mass is 9.87. The molecule has 0 N–H and O–H groups in total. The van der Waals surface area contributed by atoms with Crippen LogP contribution in [-0.4, -0.2) is 49.2 Å². The summed E-state index contributed by atoms with van der Waals surface area (Å²) in [4.78, 5) is 26.4. The van der Waals surface area contributed by atoms with Crippen molar-refractivity contribution in [2.75, 3.05) is 14.2 Å². The monoisotopic (exact) mass is 309 g/mol. The zero-order chi connectivity index (χ0) is 16.1. The van der Waals surface area contributed by atoms with E-state index in [1.54, 1.807) is 0 Å². The number of allylic oxidation sites excluding steroid dienone is 1. The Hall–Kier alpha value is -1.36. The van der Waals surface area contributed by atoms with E-state index in [-0.39, 0.29) is 36.4 Å². The van der Waals surface area contributed by atoms with Crippen LogP contribution in [0.5, 0.6) is 0 Å². The number of esters is 2. The molecule has 0 aromatic rings. The standard InChI is InChI=1S/C17H27NO4/c1-4-5-6-7-8-15(19)22-14-11-12-9-10-13(18(12)2)16(14)17(20)21-3/h6-7,12-14,16H,4-5,8-11H2,1-3H3/b7-6+/t12-,13+,14-,16+/m0/s1. The van der Waals surface area contributed by atoms with Crippen LogP contribution in [0.25, 0.3) is 0 Å². The Kier molecular flexibility index (Phi) is 6.00. The van der Waals surface area contributed by atoms with E-state index in [9.17, 15) is 9.59 Å². The summed E-state index contributed by atoms with van der Waals surface area (Å²) >= 11 is 0. The first-order chi connectivity index (χ1) is 10.6. The molecule has 0 aromatic heterocycles. The smallest absolute Gasteiger partial charge is 0.314 e. The largest absolute Gasteiger partial charge is 0.469 e. The zero-order valence-corrected chi connectivity index (χ0v) is 13.8. The maximum Gasteiger partial charge on any atom is 0.314 e. The number of unbranched alkanes of at least 4 members (excludes halogenated alkanes) is 1. The van der Waals surface area contributed by atoms with Crippen LogP contribution in [0.2, 0.25) is 0 Å². The van der Waals surface area contributed by atoms with Crippen LogP contribution in [0.1, 0.15) is 45.4 Å². The fraction of sp³-hybridized carbons (Fsp3) is 0.765. The highest BCUT2D eigenvalue weighted by Gasteiger charge is 2.50. The summed E-state index contributed by atoms with van der Waals surface area (Å²) in [6.45, 7) is 2.10. The molecule has 2 aliphatic rings. The van der Waals surface area contributed by atoms with Gasteiger partial charge in [-0.2, -0.15) is 0 Å². The van der Waals surface area contributed by atoms with E-state index in [4.69, 9.17) is 9.47 Å². The molecule has 0 spiro atoms. The first-order valence-electron chi connectivity index (χ1n) is 8.22. The van der Waals surface area contributed by atoms with Crippen molar-refractivity contribution in [3.8, 4) is 0 Å². The summed E-state index contributed by atoms with van der Waals surface area (Å²) in [5.41, 5.74) is 0. The van der Waals surface area contributed by atoms with Gasteiger partial charge in [0.05, 0.1) is 13.5 Å². The van der Waals surface area contributed by atoms with Crippen molar-refractivity contribution in [1.29, 1.82) is 0 Å². The molecule has 0 aromatic carbocycles. The molecule has 0 aliphatic carbocycles. The Balaban J connectivity index is 1.98. The van der Waals surface area contributed by atoms with Gasteiger partial charge in [0.25, 0.3) is 0 Å². The van der Waals surface area contributed by atoms with E-state index < -0.39 is 0 Å². The number of rotatable bonds is 6. The van der Waals surface area contributed by atoms with E-state index in [0.29, 0.717) is 6.04 Å². The average Bonchev–Trinajstić information content (AvgIpc) is 2.74. The molecule has 5 heteroatoms. The van der Waals surface area contributed by atoms with Crippen LogP contribution in [0.4, 0.5) is 0 Å². The first-order valence-corrected chi connectivity index (χ1v) is 8.22. The van der Waals surface area contributed by atoms with Crippen LogP contribution >= 0.6 is 0 Å². The Morgan fingerprint density at radius 2 is 2.05 bits per heavy atom. The number of nitrogens with zero attached hydrogens (tertiary/aromatic N) is 1. The van der Waals surface area contributed by atoms with Crippen molar-refractivity contribution < 1.29 is 19.1 Å². The molecule has 2 saturated heterocycles. The number of piperidine rings is 1. The molecule has 0 amide bonds. The van der Waals surface area contributed by atoms with Gasteiger partial charge in [0.1, 0.15) is 12.0 Å². The van der Waals surface area contributed by atoms with Crippen LogP contribution in [0.15, 0.2) is 12.2 Å². The molecule has 0 saturated carbocycles. The third-order valence-corrected chi connectivity index (χ3v) is 4.88. The molecule has 22 heavy (non-hydrogen) atoms. The summed E-state index contributed by atoms with van der Waals surface area (Å²) in [5.74, 6) is -0.885. The van der Waals surface area contributed by atoms with Crippen molar-refractivity contribution >= 4 is 11.9 Å². The fourth-order valence-electron chi connectivity index (χ4n) is 3.67. The van der Waals surface area contributed by atoms with Gasteiger partial charge >= 0.3 is 11.9 Å². The second-order valence-corrected chi connectivity index (χ2v) is 6.24. The van der Waals surface area contributed by atoms with Crippen molar-refractivity contribution in [3.05, 3.63) is 12.2 Å². The molecule has 124 valence electrons. The Morgan fingerprint density at radius 1 is 1.27 bits per heavy atom. The summed E-state index contributed by atoms with van der Waals surface area (Å²) in [7, 11) is 3.44. The van der Waals surface area contributed by atoms with Crippen molar-refractivity contribution in [2.24, 2.45) is 5.92 Å². The Labute approximate surface area is 132 Å². The maximum absolute atomic E-state index is 12.1. The van der Waals surface area contributed by atoms with Crippen LogP contribution in [-0.2, 0) is 19.1 Å². The van der Waals surface area contributed by atoms with Gasteiger partial charge in [0.2, 0.25) is 0 Å². The topological polar surface area (TPSA) is 55.8 Å². The molecule has 0 unspecified atom stereocenters. The number of carbonyl (C=O) groups excluding carboxylic acids is 2. The van der Waals surface area contributed by atoms with E-state index in [2.05, 4.69) is 11.8 Å². The molecular weight excluding hydrogens is 282 g/mol. The Bertz CT molecular complexity index is 434. The predicted octanol–water partition coefficient (Wildman–Crippen LogP) is 2.30. The molecule has 2 bridgehead atoms. The normalized spacial score (nSPS) is 31.4. The highest BCUT2D eigenvalue weighted by molar-refractivity contribution is 5.76. The predicted molar refractivity (Wildman–Crippen MR) is 83.2 cm³/mol. The minimum Gasteiger partial charge on any atom is -0.469 e. The zero-order valence-electron chi connectivity index (χ0n) is 13.8. The minimum atomic E-state index is -0.364. The molecule has 2 aliphatic heterocycles. The third kappa shape index (κ3) is 3.69. The molecule has 2 heterocycles. The van der Waals surface area contributed by atoms with E-state index in [1.807, 2.05) is 19.2 Å². The lowest BCUT2D eigenvalue weighted by Crippen LogP contribution is -2.53. The van der Waals surface area contributed by atoms with Crippen LogP contribution in [0.3, 0.4) is 0 Å². The number of hydrogen-bond donors (Lipinski definition) is 0. The van der Waals surface area contributed by atoms with Gasteiger partial charge in [-0.3, -0.25) is 14.5 Å². The highest BCUT2D eigenvalue weighted by atomic mass is 16.6. The van der Waals surface area contributed by atoms with E-state index >= 15 is 0 Å². The van der Waals surface area contributed by atoms with Crippen molar-refractivity contribution in [1.82, 2.24) is 4.90 Å². The number of fused-ring (bicyclic) bond motifs is 2. The molecule has 5 nitrogen and oxygen atoms in total. The van der Waals surface area contributed by atoms with E-state index in [1.165, 1.54) is 7.11 Å². The number of carbonyl (C=O) groups is 2. The van der Waals surface area contributed by atoms with Gasteiger partial charge in [-0.05, 0) is 26.3 Å². The van der Waals surface area contributed by atoms with Gasteiger partial charge in [-0.25, -0.2) is 0 Å². The van der Waals surface area contributed by atoms with Crippen LogP contribution in [0, 0.1) is 5.92 Å². The van der Waals surface area contributed by atoms with Gasteiger partial charge in [0, 0.05) is 18.5 Å². The summed E-state index contributed by atoms with van der Waals surface area (Å²) in [6, 6.07) is 0.527. The third-order valence-electron chi connectivity index (χ3n) is 4.88. The minimum absolute atomic E-state index is 0.125. The Morgan fingerprint density at radius 3 is 2.73 bits per heavy atom. The second-order valence-electron chi connectivity index (χ2n) is 6.24. The summed E-state index contributed by atoms with van der Waals surface area (Å²) in [6.07, 6.45) is 8.54. The van der Waals surface area contributed by atoms with Gasteiger partial charge < -0.3 is 9.47 Å². The van der Waals surface area contributed by atoms with Gasteiger partial charge in [-0.15, -0.1) is 0 Å². The number of hydrogen-bond acceptors (Lipinski definition) is 5. The second kappa shape index (κ2) is 7.77. The SMILES string of the molecule is CCC/C=C/CC(=O)O[C@H]1C[C@@H]2CC[C@H]([C@H]1C(=O)OC)N2C. The van der Waals surface area contributed by atoms with Gasteiger partial charge in [-0.1, -0.05) is 25.5 Å². The molecule has 2 rings (SSSR count). The molecule has 2 fully saturated rings. The lowest BCUT2D eigenvalue weighted by molar-refractivity contribution is -0.167. The van der Waals surface area contributed by atoms with Crippen LogP contribution < -0.4 is 0 Å². The maximum atomic E-state index is 12.1. The van der Waals surface area contributed by atoms with E-state index in [0.717, 1.165) is 32.1 Å². The summed E-state index contributed by atoms with van der Waals surface area (Å²) < 4.78 is 10.6. The van der Waals surface area contributed by atoms with Crippen molar-refractivity contribution in [2.45, 2.75) is 63.6 Å². The van der Waals surface area contributed by atoms with Gasteiger partial charge in [0.15, 0.2) is 0 Å². The quantitative estimate of drug-likeness (QED) is 0.556. The average molecular weight is 309 g/mol. The van der Waals surface area contributed by atoms with Crippen molar-refractivity contribution in [3.63, 3.8) is 0 Å². The molecule has 4 atom stereocenters. The highest BCUT2D eigenvalue weighted by Crippen LogP contribution is 2.40. The number of ether oxygens (including phenoxy) is 2. The molecular formula is C17H27NO4. The number of methoxy groups -OCH3 is 1. The lowest BCUT2D eigenvalue weighted by Gasteiger charge is -2.40. The fourth-order valence-corrected chi connectivity index (χ4v) is 3.67.